The van der Waals surface area contributed by atoms with Gasteiger partial charge in [0.05, 0.1) is 18.6 Å². The highest BCUT2D eigenvalue weighted by Gasteiger charge is 2.48. The number of hydrogen-bond donors (Lipinski definition) is 1. The van der Waals surface area contributed by atoms with E-state index in [1.165, 1.54) is 6.07 Å². The van der Waals surface area contributed by atoms with Crippen LogP contribution >= 0.6 is 0 Å². The summed E-state index contributed by atoms with van der Waals surface area (Å²) in [6, 6.07) is 9.27. The Morgan fingerprint density at radius 1 is 1.26 bits per heavy atom. The number of carbonyl (C=O) groups is 1. The molecule has 1 aromatic carbocycles. The molecular formula is C22H27FN3O+. The normalized spacial score (nSPS) is 27.8. The van der Waals surface area contributed by atoms with Crippen molar-refractivity contribution in [1.82, 2.24) is 10.3 Å². The van der Waals surface area contributed by atoms with Gasteiger partial charge in [-0.25, -0.2) is 9.18 Å². The van der Waals surface area contributed by atoms with Gasteiger partial charge in [-0.3, -0.25) is 9.47 Å². The van der Waals surface area contributed by atoms with Crippen LogP contribution in [0.5, 0.6) is 0 Å². The third-order valence-corrected chi connectivity index (χ3v) is 6.33. The van der Waals surface area contributed by atoms with Crippen molar-refractivity contribution >= 4 is 5.91 Å². The van der Waals surface area contributed by atoms with Gasteiger partial charge >= 0.3 is 5.91 Å². The third-order valence-electron chi connectivity index (χ3n) is 6.33. The van der Waals surface area contributed by atoms with Gasteiger partial charge in [-0.15, -0.1) is 0 Å². The van der Waals surface area contributed by atoms with Crippen molar-refractivity contribution < 1.29 is 13.7 Å². The van der Waals surface area contributed by atoms with Gasteiger partial charge in [0, 0.05) is 30.8 Å². The molecule has 3 heterocycles. The topological polar surface area (TPSA) is 42.0 Å². The number of hydrogen-bond acceptors (Lipinski definition) is 3. The molecule has 27 heavy (non-hydrogen) atoms. The summed E-state index contributed by atoms with van der Waals surface area (Å²) < 4.78 is 15.4. The second kappa shape index (κ2) is 7.49. The highest BCUT2D eigenvalue weighted by molar-refractivity contribution is 5.90. The molecule has 3 atom stereocenters. The summed E-state index contributed by atoms with van der Waals surface area (Å²) in [7, 11) is 0. The SMILES string of the molecule is C[C@@H]1CCC[N+]1(C[C@@H]1CCCN1)C(=O)c1ccc(-c2cccnc2)cc1F. The second-order valence-electron chi connectivity index (χ2n) is 7.97. The van der Waals surface area contributed by atoms with Crippen LogP contribution in [0.25, 0.3) is 11.1 Å². The number of likely N-dealkylation sites (tertiary alicyclic amines) is 1. The summed E-state index contributed by atoms with van der Waals surface area (Å²) >= 11 is 0. The van der Waals surface area contributed by atoms with E-state index < -0.39 is 5.82 Å². The number of halogens is 1. The highest BCUT2D eigenvalue weighted by Crippen LogP contribution is 2.33. The minimum Gasteiger partial charge on any atom is -0.309 e. The molecular weight excluding hydrogens is 341 g/mol. The standard InChI is InChI=1S/C22H27FN3O/c1-16-5-4-12-26(16,15-19-7-3-11-25-19)22(27)20-9-8-17(13-21(20)23)18-6-2-10-24-14-18/h2,6,8-10,13-14,16,19,25H,3-5,7,11-12,15H2,1H3/q+1/t16-,19+,26?/m1/s1. The number of pyridine rings is 1. The fourth-order valence-electron chi connectivity index (χ4n) is 4.74. The average molecular weight is 368 g/mol. The first-order valence-corrected chi connectivity index (χ1v) is 9.95. The van der Waals surface area contributed by atoms with Crippen LogP contribution in [0, 0.1) is 5.82 Å². The Morgan fingerprint density at radius 2 is 2.15 bits per heavy atom. The van der Waals surface area contributed by atoms with Crippen molar-refractivity contribution in [3.05, 3.63) is 54.1 Å². The van der Waals surface area contributed by atoms with Crippen LogP contribution in [-0.4, -0.2) is 47.1 Å². The lowest BCUT2D eigenvalue weighted by Crippen LogP contribution is -2.59. The van der Waals surface area contributed by atoms with Gasteiger partial charge in [-0.1, -0.05) is 12.1 Å². The Morgan fingerprint density at radius 3 is 2.78 bits per heavy atom. The highest BCUT2D eigenvalue weighted by atomic mass is 19.1. The van der Waals surface area contributed by atoms with E-state index >= 15 is 0 Å². The molecule has 2 saturated heterocycles. The molecule has 0 bridgehead atoms. The summed E-state index contributed by atoms with van der Waals surface area (Å²) in [5, 5.41) is 3.51. The number of quaternary nitrogens is 1. The number of nitrogens with one attached hydrogen (secondary N) is 1. The van der Waals surface area contributed by atoms with Gasteiger partial charge in [0.25, 0.3) is 0 Å². The van der Waals surface area contributed by atoms with Crippen LogP contribution in [0.15, 0.2) is 42.7 Å². The monoisotopic (exact) mass is 368 g/mol. The molecule has 4 nitrogen and oxygen atoms in total. The van der Waals surface area contributed by atoms with Crippen LogP contribution in [0.2, 0.25) is 0 Å². The number of rotatable bonds is 4. The van der Waals surface area contributed by atoms with Crippen molar-refractivity contribution in [2.24, 2.45) is 0 Å². The van der Waals surface area contributed by atoms with E-state index in [0.29, 0.717) is 10.5 Å². The molecule has 1 aromatic heterocycles. The zero-order valence-electron chi connectivity index (χ0n) is 15.8. The van der Waals surface area contributed by atoms with E-state index in [9.17, 15) is 9.18 Å². The Kier molecular flexibility index (Phi) is 5.06. The molecule has 2 aromatic rings. The van der Waals surface area contributed by atoms with Crippen molar-refractivity contribution in [1.29, 1.82) is 0 Å². The van der Waals surface area contributed by atoms with Crippen LogP contribution in [0.4, 0.5) is 4.39 Å². The molecule has 0 spiro atoms. The lowest BCUT2D eigenvalue weighted by Gasteiger charge is -2.38. The molecule has 4 rings (SSSR count). The van der Waals surface area contributed by atoms with E-state index in [0.717, 1.165) is 56.4 Å². The van der Waals surface area contributed by atoms with Gasteiger partial charge in [0.1, 0.15) is 17.9 Å². The molecule has 1 amide bonds. The van der Waals surface area contributed by atoms with Crippen LogP contribution in [-0.2, 0) is 0 Å². The summed E-state index contributed by atoms with van der Waals surface area (Å²) in [6.45, 7) is 4.73. The number of amides is 1. The third kappa shape index (κ3) is 3.42. The van der Waals surface area contributed by atoms with Gasteiger partial charge in [-0.05, 0) is 50.1 Å². The van der Waals surface area contributed by atoms with Gasteiger partial charge in [0.15, 0.2) is 0 Å². The maximum absolute atomic E-state index is 15.0. The number of benzene rings is 1. The summed E-state index contributed by atoms with van der Waals surface area (Å²) in [5.41, 5.74) is 1.81. The van der Waals surface area contributed by atoms with E-state index in [1.807, 2.05) is 18.2 Å². The van der Waals surface area contributed by atoms with Crippen LogP contribution in [0.1, 0.15) is 43.0 Å². The number of nitrogens with zero attached hydrogens (tertiary/aromatic N) is 2. The molecule has 1 unspecified atom stereocenters. The van der Waals surface area contributed by atoms with E-state index in [-0.39, 0.29) is 17.5 Å². The lowest BCUT2D eigenvalue weighted by molar-refractivity contribution is -0.860. The number of carbonyl (C=O) groups excluding carboxylic acids is 1. The van der Waals surface area contributed by atoms with Gasteiger partial charge < -0.3 is 5.32 Å². The van der Waals surface area contributed by atoms with Gasteiger partial charge in [-0.2, -0.15) is 0 Å². The Hall–Kier alpha value is -2.11. The zero-order valence-corrected chi connectivity index (χ0v) is 15.8. The fourth-order valence-corrected chi connectivity index (χ4v) is 4.74. The quantitative estimate of drug-likeness (QED) is 0.835. The first-order chi connectivity index (χ1) is 13.1. The maximum atomic E-state index is 15.0. The Balaban J connectivity index is 1.65. The minimum atomic E-state index is -0.433. The summed E-state index contributed by atoms with van der Waals surface area (Å²) in [5.74, 6) is -0.499. The smallest absolute Gasteiger partial charge is 0.309 e. The fraction of sp³-hybridized carbons (Fsp3) is 0.455. The van der Waals surface area contributed by atoms with E-state index in [2.05, 4.69) is 17.2 Å². The summed E-state index contributed by atoms with van der Waals surface area (Å²) in [4.78, 5) is 17.6. The first kappa shape index (κ1) is 18.3. The number of aromatic nitrogens is 1. The maximum Gasteiger partial charge on any atom is 0.349 e. The largest absolute Gasteiger partial charge is 0.349 e. The van der Waals surface area contributed by atoms with E-state index in [1.54, 1.807) is 18.5 Å². The molecule has 142 valence electrons. The van der Waals surface area contributed by atoms with Crippen molar-refractivity contribution in [2.75, 3.05) is 19.6 Å². The van der Waals surface area contributed by atoms with E-state index in [4.69, 9.17) is 0 Å². The van der Waals surface area contributed by atoms with Crippen molar-refractivity contribution in [3.8, 4) is 11.1 Å². The second-order valence-corrected chi connectivity index (χ2v) is 7.97. The van der Waals surface area contributed by atoms with Crippen molar-refractivity contribution in [3.63, 3.8) is 0 Å². The molecule has 0 aliphatic carbocycles. The Labute approximate surface area is 160 Å². The molecule has 2 aliphatic rings. The molecule has 2 aliphatic heterocycles. The van der Waals surface area contributed by atoms with Crippen LogP contribution in [0.3, 0.4) is 0 Å². The molecule has 0 radical (unpaired) electrons. The molecule has 2 fully saturated rings. The molecule has 0 saturated carbocycles. The Bertz CT molecular complexity index is 820. The minimum absolute atomic E-state index is 0.0658. The summed E-state index contributed by atoms with van der Waals surface area (Å²) in [6.07, 6.45) is 7.70. The lowest BCUT2D eigenvalue weighted by atomic mass is 10.0. The predicted molar refractivity (Wildman–Crippen MR) is 104 cm³/mol. The molecule has 1 N–H and O–H groups in total. The van der Waals surface area contributed by atoms with Crippen molar-refractivity contribution in [2.45, 2.75) is 44.7 Å². The van der Waals surface area contributed by atoms with Gasteiger partial charge in [0.2, 0.25) is 0 Å². The zero-order chi connectivity index (χ0) is 18.9. The first-order valence-electron chi connectivity index (χ1n) is 9.95. The molecule has 5 heteroatoms. The van der Waals surface area contributed by atoms with Crippen LogP contribution < -0.4 is 5.32 Å². The predicted octanol–water partition coefficient (Wildman–Crippen LogP) is 3.78. The average Bonchev–Trinajstić information content (AvgIpc) is 3.33.